The number of anilines is 2. The number of benzene rings is 2. The minimum atomic E-state index is -3.63. The van der Waals surface area contributed by atoms with Crippen LogP contribution < -0.4 is 15.0 Å². The van der Waals surface area contributed by atoms with Gasteiger partial charge in [-0.2, -0.15) is 4.31 Å². The molecule has 12 heteroatoms. The van der Waals surface area contributed by atoms with Crippen molar-refractivity contribution in [2.75, 3.05) is 82.5 Å². The van der Waals surface area contributed by atoms with E-state index in [1.807, 2.05) is 0 Å². The molecule has 37 heavy (non-hydrogen) atoms. The number of sulfonamides is 1. The van der Waals surface area contributed by atoms with Gasteiger partial charge in [-0.3, -0.25) is 14.5 Å². The third-order valence-electron chi connectivity index (χ3n) is 6.63. The van der Waals surface area contributed by atoms with E-state index in [1.54, 1.807) is 23.1 Å². The summed E-state index contributed by atoms with van der Waals surface area (Å²) in [5, 5.41) is 2.82. The largest absolute Gasteiger partial charge is 0.481 e. The van der Waals surface area contributed by atoms with Crippen LogP contribution in [0.25, 0.3) is 0 Å². The number of amides is 2. The van der Waals surface area contributed by atoms with Gasteiger partial charge in [-0.15, -0.1) is 0 Å². The van der Waals surface area contributed by atoms with Crippen LogP contribution in [0.1, 0.15) is 10.4 Å². The molecule has 0 atom stereocenters. The van der Waals surface area contributed by atoms with Crippen LogP contribution in [0.3, 0.4) is 0 Å². The fourth-order valence-electron chi connectivity index (χ4n) is 4.51. The first-order valence-electron chi connectivity index (χ1n) is 12.3. The van der Waals surface area contributed by atoms with Gasteiger partial charge in [0, 0.05) is 56.6 Å². The molecule has 0 spiro atoms. The van der Waals surface area contributed by atoms with E-state index in [0.717, 1.165) is 19.6 Å². The second kappa shape index (κ2) is 11.2. The maximum Gasteiger partial charge on any atom is 0.265 e. The van der Waals surface area contributed by atoms with Crippen LogP contribution >= 0.6 is 0 Å². The molecule has 0 radical (unpaired) electrons. The molecule has 0 unspecified atom stereocenters. The van der Waals surface area contributed by atoms with Gasteiger partial charge in [0.25, 0.3) is 11.8 Å². The molecule has 2 aromatic carbocycles. The predicted octanol–water partition coefficient (Wildman–Crippen LogP) is 1.02. The van der Waals surface area contributed by atoms with Crippen molar-refractivity contribution in [1.82, 2.24) is 9.21 Å². The maximum absolute atomic E-state index is 12.8. The fourth-order valence-corrected chi connectivity index (χ4v) is 5.92. The first-order chi connectivity index (χ1) is 17.9. The number of nitrogens with zero attached hydrogens (tertiary/aromatic N) is 3. The minimum absolute atomic E-state index is 0.0629. The molecule has 2 aromatic rings. The first-order valence-corrected chi connectivity index (χ1v) is 13.7. The van der Waals surface area contributed by atoms with Gasteiger partial charge in [-0.1, -0.05) is 0 Å². The van der Waals surface area contributed by atoms with Crippen molar-refractivity contribution < 1.29 is 32.2 Å². The summed E-state index contributed by atoms with van der Waals surface area (Å²) >= 11 is 0. The van der Waals surface area contributed by atoms with Gasteiger partial charge >= 0.3 is 0 Å². The van der Waals surface area contributed by atoms with E-state index in [-0.39, 0.29) is 23.3 Å². The van der Waals surface area contributed by atoms with E-state index in [4.69, 9.17) is 14.2 Å². The van der Waals surface area contributed by atoms with E-state index >= 15 is 0 Å². The molecule has 1 N–H and O–H groups in total. The van der Waals surface area contributed by atoms with Crippen LogP contribution in [0.4, 0.5) is 11.4 Å². The fraction of sp³-hybridized carbons (Fsp3) is 0.440. The Hall–Kier alpha value is -3.03. The van der Waals surface area contributed by atoms with Crippen molar-refractivity contribution in [3.8, 4) is 5.75 Å². The Morgan fingerprint density at radius 2 is 1.57 bits per heavy atom. The summed E-state index contributed by atoms with van der Waals surface area (Å²) in [4.78, 5) is 29.5. The Balaban J connectivity index is 1.24. The summed E-state index contributed by atoms with van der Waals surface area (Å²) in [5.74, 6) is 0.0299. The molecule has 5 rings (SSSR count). The molecule has 2 amide bonds. The molecule has 2 fully saturated rings. The quantitative estimate of drug-likeness (QED) is 0.564. The van der Waals surface area contributed by atoms with Crippen molar-refractivity contribution in [3.05, 3.63) is 48.0 Å². The van der Waals surface area contributed by atoms with Crippen molar-refractivity contribution >= 4 is 33.2 Å². The summed E-state index contributed by atoms with van der Waals surface area (Å²) in [5.41, 5.74) is 1.50. The second-order valence-electron chi connectivity index (χ2n) is 8.97. The smallest absolute Gasteiger partial charge is 0.265 e. The third-order valence-corrected chi connectivity index (χ3v) is 8.54. The van der Waals surface area contributed by atoms with Crippen LogP contribution in [0.5, 0.6) is 5.75 Å². The Bertz CT molecular complexity index is 1240. The molecule has 198 valence electrons. The number of carbonyl (C=O) groups excluding carboxylic acids is 2. The van der Waals surface area contributed by atoms with E-state index in [2.05, 4.69) is 10.2 Å². The Morgan fingerprint density at radius 3 is 2.27 bits per heavy atom. The third kappa shape index (κ3) is 5.78. The average molecular weight is 531 g/mol. The van der Waals surface area contributed by atoms with Crippen LogP contribution in [0, 0.1) is 0 Å². The Kier molecular flexibility index (Phi) is 7.72. The number of hydrogen-bond donors (Lipinski definition) is 1. The zero-order valence-corrected chi connectivity index (χ0v) is 21.2. The van der Waals surface area contributed by atoms with Crippen LogP contribution in [-0.4, -0.2) is 102 Å². The molecule has 3 aliphatic heterocycles. The summed E-state index contributed by atoms with van der Waals surface area (Å²) in [7, 11) is -3.63. The molecule has 3 heterocycles. The van der Waals surface area contributed by atoms with Gasteiger partial charge < -0.3 is 24.4 Å². The highest BCUT2D eigenvalue weighted by Crippen LogP contribution is 2.34. The van der Waals surface area contributed by atoms with Gasteiger partial charge in [0.05, 0.1) is 37.0 Å². The van der Waals surface area contributed by atoms with Gasteiger partial charge in [0.1, 0.15) is 5.75 Å². The van der Waals surface area contributed by atoms with Gasteiger partial charge in [0.15, 0.2) is 6.61 Å². The SMILES string of the molecule is O=C(Nc1ccc2c(c1)OCC(=O)N2CCN1CCOCC1)c1ccc(S(=O)(=O)N2CCOCC2)cc1. The van der Waals surface area contributed by atoms with Crippen molar-refractivity contribution in [1.29, 1.82) is 0 Å². The highest BCUT2D eigenvalue weighted by molar-refractivity contribution is 7.89. The predicted molar refractivity (Wildman–Crippen MR) is 136 cm³/mol. The molecule has 3 aliphatic rings. The lowest BCUT2D eigenvalue weighted by molar-refractivity contribution is -0.121. The standard InChI is InChI=1S/C25H30N4O7S/c30-24-18-36-23-17-20(3-6-22(23)29(24)8-7-27-9-13-34-14-10-27)26-25(31)19-1-4-21(5-2-19)37(32,33)28-11-15-35-16-12-28/h1-6,17H,7-16,18H2,(H,26,31). The zero-order chi connectivity index (χ0) is 25.8. The second-order valence-corrected chi connectivity index (χ2v) is 10.9. The van der Waals surface area contributed by atoms with Gasteiger partial charge in [0.2, 0.25) is 10.0 Å². The lowest BCUT2D eigenvalue weighted by Gasteiger charge is -2.33. The summed E-state index contributed by atoms with van der Waals surface area (Å²) in [6, 6.07) is 11.0. The number of rotatable bonds is 7. The molecule has 0 bridgehead atoms. The van der Waals surface area contributed by atoms with Crippen molar-refractivity contribution in [2.24, 2.45) is 0 Å². The monoisotopic (exact) mass is 530 g/mol. The molecule has 0 aromatic heterocycles. The number of nitrogens with one attached hydrogen (secondary N) is 1. The highest BCUT2D eigenvalue weighted by atomic mass is 32.2. The molecule has 0 saturated carbocycles. The molecular formula is C25H30N4O7S. The number of morpholine rings is 2. The van der Waals surface area contributed by atoms with Crippen LogP contribution in [0.15, 0.2) is 47.4 Å². The number of carbonyl (C=O) groups is 2. The van der Waals surface area contributed by atoms with E-state index in [9.17, 15) is 18.0 Å². The normalized spacial score (nSPS) is 19.2. The average Bonchev–Trinajstić information content (AvgIpc) is 2.93. The molecule has 0 aliphatic carbocycles. The minimum Gasteiger partial charge on any atom is -0.481 e. The van der Waals surface area contributed by atoms with Gasteiger partial charge in [-0.25, -0.2) is 8.42 Å². The highest BCUT2D eigenvalue weighted by Gasteiger charge is 2.28. The van der Waals surface area contributed by atoms with E-state index in [0.29, 0.717) is 68.7 Å². The molecular weight excluding hydrogens is 500 g/mol. The number of fused-ring (bicyclic) bond motifs is 1. The maximum atomic E-state index is 12.8. The topological polar surface area (TPSA) is 118 Å². The van der Waals surface area contributed by atoms with E-state index in [1.165, 1.54) is 28.6 Å². The van der Waals surface area contributed by atoms with Crippen LogP contribution in [0.2, 0.25) is 0 Å². The first kappa shape index (κ1) is 25.6. The molecule has 11 nitrogen and oxygen atoms in total. The number of ether oxygens (including phenoxy) is 3. The Morgan fingerprint density at radius 1 is 0.892 bits per heavy atom. The van der Waals surface area contributed by atoms with Crippen molar-refractivity contribution in [3.63, 3.8) is 0 Å². The Labute approximate surface area is 215 Å². The van der Waals surface area contributed by atoms with E-state index < -0.39 is 10.0 Å². The van der Waals surface area contributed by atoms with Crippen molar-refractivity contribution in [2.45, 2.75) is 4.90 Å². The summed E-state index contributed by atoms with van der Waals surface area (Å²) in [6.07, 6.45) is 0. The zero-order valence-electron chi connectivity index (χ0n) is 20.4. The molecule has 2 saturated heterocycles. The van der Waals surface area contributed by atoms with Gasteiger partial charge in [-0.05, 0) is 36.4 Å². The summed E-state index contributed by atoms with van der Waals surface area (Å²) in [6.45, 7) is 5.65. The lowest BCUT2D eigenvalue weighted by atomic mass is 10.1. The lowest BCUT2D eigenvalue weighted by Crippen LogP contribution is -2.45. The summed E-state index contributed by atoms with van der Waals surface area (Å²) < 4.78 is 43.2. The number of hydrogen-bond acceptors (Lipinski definition) is 8. The van der Waals surface area contributed by atoms with Crippen LogP contribution in [-0.2, 0) is 24.3 Å².